The molecule has 9 nitrogen and oxygen atoms in total. The topological polar surface area (TPSA) is 122 Å². The fraction of sp³-hybridized carbons (Fsp3) is 0.542. The zero-order valence-electron chi connectivity index (χ0n) is 19.3. The van der Waals surface area contributed by atoms with Crippen molar-refractivity contribution in [1.82, 2.24) is 0 Å². The first-order valence-electron chi connectivity index (χ1n) is 10.8. The van der Waals surface area contributed by atoms with Gasteiger partial charge in [0.25, 0.3) is 0 Å². The molecule has 0 aromatic heterocycles. The van der Waals surface area contributed by atoms with E-state index in [4.69, 9.17) is 18.9 Å². The van der Waals surface area contributed by atoms with Crippen molar-refractivity contribution >= 4 is 30.2 Å². The zero-order chi connectivity index (χ0) is 24.7. The quantitative estimate of drug-likeness (QED) is 0.184. The van der Waals surface area contributed by atoms with Gasteiger partial charge in [0.05, 0.1) is 11.8 Å². The summed E-state index contributed by atoms with van der Waals surface area (Å²) in [6.07, 6.45) is 1.57. The predicted octanol–water partition coefficient (Wildman–Crippen LogP) is 2.38. The Kier molecular flexibility index (Phi) is 9.13. The van der Waals surface area contributed by atoms with Gasteiger partial charge in [-0.15, -0.1) is 0 Å². The van der Waals surface area contributed by atoms with Gasteiger partial charge in [-0.3, -0.25) is 19.2 Å². The van der Waals surface area contributed by atoms with Crippen LogP contribution in [0.15, 0.2) is 35.5 Å². The molecule has 9 heteroatoms. The van der Waals surface area contributed by atoms with Crippen molar-refractivity contribution in [3.8, 4) is 0 Å². The molecule has 5 atom stereocenters. The molecule has 0 N–H and O–H groups in total. The van der Waals surface area contributed by atoms with Crippen LogP contribution in [-0.2, 0) is 42.9 Å². The summed E-state index contributed by atoms with van der Waals surface area (Å²) in [5, 5.41) is 0. The van der Waals surface area contributed by atoms with Gasteiger partial charge in [-0.05, 0) is 30.9 Å². The molecule has 1 heterocycles. The predicted molar refractivity (Wildman–Crippen MR) is 115 cm³/mol. The second-order valence-electron chi connectivity index (χ2n) is 8.13. The van der Waals surface area contributed by atoms with Crippen LogP contribution in [0.25, 0.3) is 0 Å². The van der Waals surface area contributed by atoms with Gasteiger partial charge >= 0.3 is 23.9 Å². The number of rotatable bonds is 7. The number of carbonyl (C=O) groups is 5. The standard InChI is InChI=1S/C24H30O9/c1-6-13(2)23(28)33-22-20-14(3)24(29)32-19(20)10-17(12-30-15(4)26)8-7-9-18(11-25)21(22)31-16(5)27/h9-11,13,19-22H,3,6-8,12H2,1-2,4-5H3. The highest BCUT2D eigenvalue weighted by molar-refractivity contribution is 5.91. The van der Waals surface area contributed by atoms with E-state index in [1.807, 2.05) is 6.92 Å². The molecule has 0 aromatic rings. The van der Waals surface area contributed by atoms with Crippen LogP contribution in [0, 0.1) is 11.8 Å². The third-order valence-electron chi connectivity index (χ3n) is 5.64. The Balaban J connectivity index is 2.61. The van der Waals surface area contributed by atoms with Gasteiger partial charge in [0.2, 0.25) is 0 Å². The Labute approximate surface area is 192 Å². The lowest BCUT2D eigenvalue weighted by Gasteiger charge is -2.33. The molecule has 1 saturated heterocycles. The normalized spacial score (nSPS) is 26.1. The van der Waals surface area contributed by atoms with E-state index in [0.717, 1.165) is 0 Å². The van der Waals surface area contributed by atoms with Gasteiger partial charge in [-0.1, -0.05) is 26.5 Å². The highest BCUT2D eigenvalue weighted by atomic mass is 16.6. The molecule has 5 unspecified atom stereocenters. The average Bonchev–Trinajstić information content (AvgIpc) is 3.03. The maximum atomic E-state index is 12.7. The molecule has 0 bridgehead atoms. The van der Waals surface area contributed by atoms with Crippen LogP contribution in [0.2, 0.25) is 0 Å². The molecule has 2 aliphatic rings. The number of hydrogen-bond acceptors (Lipinski definition) is 9. The Morgan fingerprint density at radius 2 is 1.94 bits per heavy atom. The van der Waals surface area contributed by atoms with Crippen LogP contribution in [0.5, 0.6) is 0 Å². The molecule has 0 saturated carbocycles. The summed E-state index contributed by atoms with van der Waals surface area (Å²) in [7, 11) is 0. The largest absolute Gasteiger partial charge is 0.461 e. The van der Waals surface area contributed by atoms with Crippen molar-refractivity contribution in [2.75, 3.05) is 6.61 Å². The minimum atomic E-state index is -1.25. The molecule has 0 amide bonds. The monoisotopic (exact) mass is 462 g/mol. The fourth-order valence-electron chi connectivity index (χ4n) is 3.66. The summed E-state index contributed by atoms with van der Waals surface area (Å²) in [5.74, 6) is -3.83. The molecule has 2 rings (SSSR count). The highest BCUT2D eigenvalue weighted by Crippen LogP contribution is 2.37. The lowest BCUT2D eigenvalue weighted by Crippen LogP contribution is -2.45. The molecular formula is C24H30O9. The SMILES string of the molecule is C=C1C(=O)OC2C=C(COC(C)=O)CCC=C(C=O)C(OC(C)=O)C(OC(=O)C(C)CC)C12. The first-order valence-corrected chi connectivity index (χ1v) is 10.8. The van der Waals surface area contributed by atoms with E-state index in [2.05, 4.69) is 6.58 Å². The molecular weight excluding hydrogens is 432 g/mol. The van der Waals surface area contributed by atoms with E-state index in [1.165, 1.54) is 13.8 Å². The van der Waals surface area contributed by atoms with Crippen molar-refractivity contribution in [2.45, 2.75) is 65.3 Å². The van der Waals surface area contributed by atoms with Crippen LogP contribution in [0.3, 0.4) is 0 Å². The maximum Gasteiger partial charge on any atom is 0.334 e. The van der Waals surface area contributed by atoms with Crippen molar-refractivity contribution < 1.29 is 42.9 Å². The maximum absolute atomic E-state index is 12.7. The summed E-state index contributed by atoms with van der Waals surface area (Å²) < 4.78 is 21.8. The van der Waals surface area contributed by atoms with Crippen molar-refractivity contribution in [3.05, 3.63) is 35.5 Å². The zero-order valence-corrected chi connectivity index (χ0v) is 19.3. The van der Waals surface area contributed by atoms with Crippen LogP contribution in [-0.4, -0.2) is 55.1 Å². The van der Waals surface area contributed by atoms with Crippen LogP contribution < -0.4 is 0 Å². The third-order valence-corrected chi connectivity index (χ3v) is 5.64. The van der Waals surface area contributed by atoms with Crippen LogP contribution >= 0.6 is 0 Å². The summed E-state index contributed by atoms with van der Waals surface area (Å²) in [5.41, 5.74) is 0.766. The second kappa shape index (κ2) is 11.6. The van der Waals surface area contributed by atoms with Gasteiger partial charge < -0.3 is 18.9 Å². The minimum absolute atomic E-state index is 0.0213. The number of esters is 4. The molecule has 0 spiro atoms. The van der Waals surface area contributed by atoms with E-state index in [-0.39, 0.29) is 17.8 Å². The first-order chi connectivity index (χ1) is 15.6. The summed E-state index contributed by atoms with van der Waals surface area (Å²) >= 11 is 0. The molecule has 1 fully saturated rings. The Hall–Kier alpha value is -3.23. The average molecular weight is 462 g/mol. The Morgan fingerprint density at radius 3 is 2.52 bits per heavy atom. The van der Waals surface area contributed by atoms with Gasteiger partial charge in [0.15, 0.2) is 12.2 Å². The number of fused-ring (bicyclic) bond motifs is 1. The summed E-state index contributed by atoms with van der Waals surface area (Å²) in [6.45, 7) is 9.72. The summed E-state index contributed by atoms with van der Waals surface area (Å²) in [6, 6.07) is 0. The van der Waals surface area contributed by atoms with Gasteiger partial charge in [-0.2, -0.15) is 0 Å². The molecule has 1 aliphatic heterocycles. The third kappa shape index (κ3) is 6.63. The summed E-state index contributed by atoms with van der Waals surface area (Å²) in [4.78, 5) is 60.3. The number of allylic oxidation sites excluding steroid dienone is 1. The van der Waals surface area contributed by atoms with E-state index >= 15 is 0 Å². The van der Waals surface area contributed by atoms with Crippen molar-refractivity contribution in [1.29, 1.82) is 0 Å². The Morgan fingerprint density at radius 1 is 1.24 bits per heavy atom. The van der Waals surface area contributed by atoms with Crippen molar-refractivity contribution in [2.24, 2.45) is 11.8 Å². The molecule has 180 valence electrons. The van der Waals surface area contributed by atoms with Crippen molar-refractivity contribution in [3.63, 3.8) is 0 Å². The molecule has 1 aliphatic carbocycles. The molecule has 33 heavy (non-hydrogen) atoms. The Bertz CT molecular complexity index is 882. The number of ether oxygens (including phenoxy) is 4. The number of hydrogen-bond donors (Lipinski definition) is 0. The van der Waals surface area contributed by atoms with E-state index in [9.17, 15) is 24.0 Å². The smallest absolute Gasteiger partial charge is 0.334 e. The molecule has 0 radical (unpaired) electrons. The second-order valence-corrected chi connectivity index (χ2v) is 8.13. The van der Waals surface area contributed by atoms with Gasteiger partial charge in [0.1, 0.15) is 19.0 Å². The van der Waals surface area contributed by atoms with E-state index < -0.39 is 54.0 Å². The van der Waals surface area contributed by atoms with Crippen LogP contribution in [0.4, 0.5) is 0 Å². The van der Waals surface area contributed by atoms with Crippen LogP contribution in [0.1, 0.15) is 47.0 Å². The lowest BCUT2D eigenvalue weighted by molar-refractivity contribution is -0.171. The highest BCUT2D eigenvalue weighted by Gasteiger charge is 2.49. The number of carbonyl (C=O) groups excluding carboxylic acids is 5. The van der Waals surface area contributed by atoms with Gasteiger partial charge in [0, 0.05) is 25.0 Å². The van der Waals surface area contributed by atoms with E-state index in [1.54, 1.807) is 19.1 Å². The molecule has 0 aromatic carbocycles. The lowest BCUT2D eigenvalue weighted by atomic mass is 9.83. The minimum Gasteiger partial charge on any atom is -0.461 e. The van der Waals surface area contributed by atoms with E-state index in [0.29, 0.717) is 31.1 Å². The van der Waals surface area contributed by atoms with Gasteiger partial charge in [-0.25, -0.2) is 4.79 Å². The number of aldehydes is 1. The fourth-order valence-corrected chi connectivity index (χ4v) is 3.66. The first kappa shape index (κ1) is 26.0.